The summed E-state index contributed by atoms with van der Waals surface area (Å²) in [5, 5.41) is 0. The summed E-state index contributed by atoms with van der Waals surface area (Å²) >= 11 is 0. The van der Waals surface area contributed by atoms with Gasteiger partial charge < -0.3 is 10.6 Å². The summed E-state index contributed by atoms with van der Waals surface area (Å²) in [4.78, 5) is 23.4. The molecule has 6 heteroatoms. The van der Waals surface area contributed by atoms with Crippen molar-refractivity contribution in [1.82, 2.24) is 14.9 Å². The summed E-state index contributed by atoms with van der Waals surface area (Å²) < 4.78 is 13.1. The summed E-state index contributed by atoms with van der Waals surface area (Å²) in [5.74, 6) is -0.200. The number of rotatable bonds is 2. The first-order chi connectivity index (χ1) is 11.6. The second-order valence-corrected chi connectivity index (χ2v) is 6.42. The smallest absolute Gasteiger partial charge is 0.273 e. The zero-order valence-corrected chi connectivity index (χ0v) is 13.3. The van der Waals surface area contributed by atoms with Crippen LogP contribution in [0.25, 0.3) is 0 Å². The molecule has 1 amide bonds. The van der Waals surface area contributed by atoms with Gasteiger partial charge in [0.1, 0.15) is 11.5 Å². The van der Waals surface area contributed by atoms with Crippen LogP contribution in [0, 0.1) is 5.82 Å². The fourth-order valence-corrected chi connectivity index (χ4v) is 3.59. The average molecular weight is 326 g/mol. The zero-order chi connectivity index (χ0) is 16.7. The normalized spacial score (nSPS) is 19.5. The van der Waals surface area contributed by atoms with Gasteiger partial charge in [0.2, 0.25) is 5.95 Å². The third-order valence-corrected chi connectivity index (χ3v) is 4.94. The molecule has 2 heterocycles. The number of nitrogens with zero attached hydrogens (tertiary/aromatic N) is 3. The molecule has 124 valence electrons. The van der Waals surface area contributed by atoms with Gasteiger partial charge in [-0.3, -0.25) is 4.79 Å². The highest BCUT2D eigenvalue weighted by atomic mass is 19.1. The highest BCUT2D eigenvalue weighted by Gasteiger charge is 2.36. The van der Waals surface area contributed by atoms with E-state index in [0.717, 1.165) is 48.9 Å². The van der Waals surface area contributed by atoms with Crippen LogP contribution < -0.4 is 5.73 Å². The molecule has 1 fully saturated rings. The van der Waals surface area contributed by atoms with Crippen LogP contribution in [-0.2, 0) is 12.8 Å². The number of aromatic nitrogens is 2. The van der Waals surface area contributed by atoms with Gasteiger partial charge in [-0.15, -0.1) is 0 Å². The van der Waals surface area contributed by atoms with Crippen molar-refractivity contribution < 1.29 is 9.18 Å². The molecule has 2 N–H and O–H groups in total. The Morgan fingerprint density at radius 2 is 1.92 bits per heavy atom. The van der Waals surface area contributed by atoms with Crippen LogP contribution in [0.15, 0.2) is 24.3 Å². The summed E-state index contributed by atoms with van der Waals surface area (Å²) in [5.41, 5.74) is 9.07. The molecule has 2 aliphatic rings. The van der Waals surface area contributed by atoms with Gasteiger partial charge in [-0.2, -0.15) is 0 Å². The molecule has 0 spiro atoms. The topological polar surface area (TPSA) is 72.1 Å². The standard InChI is InChI=1S/C18H19FN4O/c19-12-7-5-11(6-8-12)15-9-10-23(15)17(24)16-13-3-1-2-4-14(13)21-18(20)22-16/h5-8,15H,1-4,9-10H2,(H2,20,21,22). The van der Waals surface area contributed by atoms with Gasteiger partial charge in [0, 0.05) is 17.8 Å². The third kappa shape index (κ3) is 2.52. The number of anilines is 1. The molecular weight excluding hydrogens is 307 g/mol. The fourth-order valence-electron chi connectivity index (χ4n) is 3.59. The van der Waals surface area contributed by atoms with Crippen LogP contribution in [0.1, 0.15) is 52.6 Å². The van der Waals surface area contributed by atoms with Crippen molar-refractivity contribution in [2.75, 3.05) is 12.3 Å². The molecule has 2 aromatic rings. The first-order valence-corrected chi connectivity index (χ1v) is 8.35. The largest absolute Gasteiger partial charge is 0.368 e. The second kappa shape index (κ2) is 5.85. The lowest BCUT2D eigenvalue weighted by molar-refractivity contribution is 0.0452. The Morgan fingerprint density at radius 1 is 1.17 bits per heavy atom. The van der Waals surface area contributed by atoms with E-state index >= 15 is 0 Å². The van der Waals surface area contributed by atoms with E-state index < -0.39 is 0 Å². The maximum absolute atomic E-state index is 13.1. The Hall–Kier alpha value is -2.50. The Balaban J connectivity index is 1.64. The van der Waals surface area contributed by atoms with Gasteiger partial charge in [0.15, 0.2) is 0 Å². The minimum Gasteiger partial charge on any atom is -0.368 e. The van der Waals surface area contributed by atoms with E-state index in [1.54, 1.807) is 17.0 Å². The summed E-state index contributed by atoms with van der Waals surface area (Å²) in [6, 6.07) is 6.32. The van der Waals surface area contributed by atoms with Crippen molar-refractivity contribution >= 4 is 11.9 Å². The molecule has 1 unspecified atom stereocenters. The maximum atomic E-state index is 13.1. The van der Waals surface area contributed by atoms with Crippen LogP contribution >= 0.6 is 0 Å². The van der Waals surface area contributed by atoms with Crippen LogP contribution in [0.3, 0.4) is 0 Å². The van der Waals surface area contributed by atoms with E-state index in [-0.39, 0.29) is 23.7 Å². The summed E-state index contributed by atoms with van der Waals surface area (Å²) in [7, 11) is 0. The molecule has 1 atom stereocenters. The highest BCUT2D eigenvalue weighted by molar-refractivity contribution is 5.95. The van der Waals surface area contributed by atoms with Crippen LogP contribution in [0.4, 0.5) is 10.3 Å². The van der Waals surface area contributed by atoms with E-state index in [9.17, 15) is 9.18 Å². The Kier molecular flexibility index (Phi) is 3.67. The van der Waals surface area contributed by atoms with E-state index in [4.69, 9.17) is 5.73 Å². The van der Waals surface area contributed by atoms with Gasteiger partial charge >= 0.3 is 0 Å². The monoisotopic (exact) mass is 326 g/mol. The number of halogens is 1. The molecule has 4 rings (SSSR count). The molecule has 0 saturated carbocycles. The molecule has 1 aliphatic carbocycles. The highest BCUT2D eigenvalue weighted by Crippen LogP contribution is 2.35. The Labute approximate surface area is 139 Å². The number of carbonyl (C=O) groups is 1. The first-order valence-electron chi connectivity index (χ1n) is 8.35. The SMILES string of the molecule is Nc1nc2c(c(C(=O)N3CCC3c3ccc(F)cc3)n1)CCCC2. The predicted molar refractivity (Wildman–Crippen MR) is 87.9 cm³/mol. The Morgan fingerprint density at radius 3 is 2.62 bits per heavy atom. The van der Waals surface area contributed by atoms with Crippen molar-refractivity contribution in [2.24, 2.45) is 0 Å². The van der Waals surface area contributed by atoms with Crippen molar-refractivity contribution in [3.63, 3.8) is 0 Å². The quantitative estimate of drug-likeness (QED) is 0.921. The summed E-state index contributed by atoms with van der Waals surface area (Å²) in [6.45, 7) is 0.680. The van der Waals surface area contributed by atoms with E-state index in [1.165, 1.54) is 12.1 Å². The molecule has 1 aromatic heterocycles. The number of hydrogen-bond acceptors (Lipinski definition) is 4. The summed E-state index contributed by atoms with van der Waals surface area (Å²) in [6.07, 6.45) is 4.66. The van der Waals surface area contributed by atoms with Crippen LogP contribution in [0.5, 0.6) is 0 Å². The Bertz CT molecular complexity index is 790. The van der Waals surface area contributed by atoms with Gasteiger partial charge in [-0.1, -0.05) is 12.1 Å². The molecule has 1 aromatic carbocycles. The lowest BCUT2D eigenvalue weighted by Crippen LogP contribution is -2.46. The molecule has 24 heavy (non-hydrogen) atoms. The fraction of sp³-hybridized carbons (Fsp3) is 0.389. The maximum Gasteiger partial charge on any atom is 0.273 e. The molecule has 1 saturated heterocycles. The lowest BCUT2D eigenvalue weighted by Gasteiger charge is -2.41. The number of fused-ring (bicyclic) bond motifs is 1. The first kappa shape index (κ1) is 15.1. The molecule has 1 aliphatic heterocycles. The van der Waals surface area contributed by atoms with Gasteiger partial charge in [0.25, 0.3) is 5.91 Å². The van der Waals surface area contributed by atoms with Crippen molar-refractivity contribution in [3.05, 3.63) is 52.6 Å². The van der Waals surface area contributed by atoms with E-state index in [1.807, 2.05) is 0 Å². The van der Waals surface area contributed by atoms with Crippen molar-refractivity contribution in [3.8, 4) is 0 Å². The second-order valence-electron chi connectivity index (χ2n) is 6.42. The average Bonchev–Trinajstić information content (AvgIpc) is 2.55. The lowest BCUT2D eigenvalue weighted by atomic mass is 9.91. The molecule has 5 nitrogen and oxygen atoms in total. The number of hydrogen-bond donors (Lipinski definition) is 1. The molecular formula is C18H19FN4O. The van der Waals surface area contributed by atoms with E-state index in [0.29, 0.717) is 12.2 Å². The van der Waals surface area contributed by atoms with Crippen LogP contribution in [0.2, 0.25) is 0 Å². The van der Waals surface area contributed by atoms with Crippen molar-refractivity contribution in [1.29, 1.82) is 0 Å². The van der Waals surface area contributed by atoms with Gasteiger partial charge in [0.05, 0.1) is 6.04 Å². The van der Waals surface area contributed by atoms with E-state index in [2.05, 4.69) is 9.97 Å². The number of aryl methyl sites for hydroxylation is 1. The number of benzene rings is 1. The predicted octanol–water partition coefficient (Wildman–Crippen LogP) is 2.66. The van der Waals surface area contributed by atoms with Gasteiger partial charge in [-0.05, 0) is 49.8 Å². The number of carbonyl (C=O) groups excluding carboxylic acids is 1. The minimum atomic E-state index is -0.270. The van der Waals surface area contributed by atoms with Gasteiger partial charge in [-0.25, -0.2) is 14.4 Å². The van der Waals surface area contributed by atoms with Crippen LogP contribution in [-0.4, -0.2) is 27.3 Å². The van der Waals surface area contributed by atoms with Crippen molar-refractivity contribution in [2.45, 2.75) is 38.1 Å². The third-order valence-electron chi connectivity index (χ3n) is 4.94. The zero-order valence-electron chi connectivity index (χ0n) is 13.3. The number of likely N-dealkylation sites (tertiary alicyclic amines) is 1. The number of nitrogen functional groups attached to an aromatic ring is 1. The minimum absolute atomic E-state index is 0.0199. The molecule has 0 bridgehead atoms. The molecule has 0 radical (unpaired) electrons. The number of amides is 1. The number of nitrogens with two attached hydrogens (primary N) is 1.